The van der Waals surface area contributed by atoms with Crippen molar-refractivity contribution in [2.75, 3.05) is 0 Å². The van der Waals surface area contributed by atoms with Crippen LogP contribution in [0.4, 0.5) is 0 Å². The fourth-order valence-corrected chi connectivity index (χ4v) is 8.65. The second kappa shape index (κ2) is 11.4. The van der Waals surface area contributed by atoms with E-state index in [0.29, 0.717) is 17.5 Å². The number of aromatic nitrogens is 3. The summed E-state index contributed by atoms with van der Waals surface area (Å²) in [5, 5.41) is 9.25. The van der Waals surface area contributed by atoms with E-state index >= 15 is 0 Å². The molecule has 5 heteroatoms. The molecule has 0 atom stereocenters. The maximum atomic E-state index is 6.80. The number of thiophene rings is 1. The monoisotopic (exact) mass is 681 g/mol. The van der Waals surface area contributed by atoms with Crippen molar-refractivity contribution in [2.24, 2.45) is 0 Å². The predicted molar refractivity (Wildman–Crippen MR) is 217 cm³/mol. The molecule has 11 rings (SSSR count). The smallest absolute Gasteiger partial charge is 0.164 e. The van der Waals surface area contributed by atoms with Gasteiger partial charge in [0.2, 0.25) is 0 Å². The Bertz CT molecular complexity index is 3200. The van der Waals surface area contributed by atoms with Gasteiger partial charge in [0.15, 0.2) is 17.5 Å². The van der Waals surface area contributed by atoms with Crippen molar-refractivity contribution in [3.05, 3.63) is 164 Å². The first-order valence-electron chi connectivity index (χ1n) is 17.3. The summed E-state index contributed by atoms with van der Waals surface area (Å²) in [5.41, 5.74) is 6.65. The third-order valence-corrected chi connectivity index (χ3v) is 11.2. The van der Waals surface area contributed by atoms with Crippen LogP contribution in [0, 0.1) is 0 Å². The summed E-state index contributed by atoms with van der Waals surface area (Å²) in [6.45, 7) is 0. The third kappa shape index (κ3) is 4.64. The van der Waals surface area contributed by atoms with Gasteiger partial charge in [0.25, 0.3) is 0 Å². The SMILES string of the molecule is c1ccc(-c2c3ccccc3cc3c2oc2cc(-c4nc(-c5ccc6ccccc6c5)nc(-c5ccc6sc7ccccc7c6c5)n4)ccc23)cc1. The number of hydrogen-bond acceptors (Lipinski definition) is 5. The Morgan fingerprint density at radius 1 is 0.365 bits per heavy atom. The van der Waals surface area contributed by atoms with E-state index in [1.165, 1.54) is 30.9 Å². The van der Waals surface area contributed by atoms with Gasteiger partial charge < -0.3 is 4.42 Å². The molecule has 0 aliphatic carbocycles. The quantitative estimate of drug-likeness (QED) is 0.185. The minimum Gasteiger partial charge on any atom is -0.455 e. The highest BCUT2D eigenvalue weighted by atomic mass is 32.1. The lowest BCUT2D eigenvalue weighted by atomic mass is 9.95. The van der Waals surface area contributed by atoms with Crippen molar-refractivity contribution in [3.63, 3.8) is 0 Å². The minimum atomic E-state index is 0.597. The second-order valence-electron chi connectivity index (χ2n) is 13.2. The highest BCUT2D eigenvalue weighted by molar-refractivity contribution is 7.25. The molecule has 0 radical (unpaired) electrons. The van der Waals surface area contributed by atoms with Crippen LogP contribution in [0.2, 0.25) is 0 Å². The lowest BCUT2D eigenvalue weighted by Crippen LogP contribution is -2.00. The van der Waals surface area contributed by atoms with E-state index in [-0.39, 0.29) is 0 Å². The zero-order valence-electron chi connectivity index (χ0n) is 27.7. The van der Waals surface area contributed by atoms with Gasteiger partial charge in [0.05, 0.1) is 0 Å². The third-order valence-electron chi connectivity index (χ3n) is 10.1. The number of rotatable bonds is 4. The first kappa shape index (κ1) is 29.1. The molecule has 0 spiro atoms. The average molecular weight is 682 g/mol. The molecule has 242 valence electrons. The summed E-state index contributed by atoms with van der Waals surface area (Å²) in [6.07, 6.45) is 0. The van der Waals surface area contributed by atoms with Crippen LogP contribution in [-0.2, 0) is 0 Å². The topological polar surface area (TPSA) is 51.8 Å². The van der Waals surface area contributed by atoms with Crippen molar-refractivity contribution in [2.45, 2.75) is 0 Å². The molecule has 8 aromatic carbocycles. The molecule has 0 bridgehead atoms. The van der Waals surface area contributed by atoms with Gasteiger partial charge in [-0.15, -0.1) is 11.3 Å². The fraction of sp³-hybridized carbons (Fsp3) is 0. The number of furan rings is 1. The molecular formula is C47H27N3OS. The molecule has 0 aliphatic heterocycles. The van der Waals surface area contributed by atoms with Crippen LogP contribution < -0.4 is 0 Å². The lowest BCUT2D eigenvalue weighted by Gasteiger charge is -2.09. The van der Waals surface area contributed by atoms with Crippen LogP contribution in [0.15, 0.2) is 168 Å². The summed E-state index contributed by atoms with van der Waals surface area (Å²) >= 11 is 1.81. The number of benzene rings is 8. The number of nitrogens with zero attached hydrogens (tertiary/aromatic N) is 3. The van der Waals surface area contributed by atoms with E-state index in [2.05, 4.69) is 158 Å². The molecule has 3 heterocycles. The van der Waals surface area contributed by atoms with E-state index in [1.54, 1.807) is 11.3 Å². The van der Waals surface area contributed by atoms with Gasteiger partial charge in [-0.05, 0) is 75.6 Å². The zero-order chi connectivity index (χ0) is 34.2. The average Bonchev–Trinajstić information content (AvgIpc) is 3.77. The Morgan fingerprint density at radius 2 is 0.981 bits per heavy atom. The van der Waals surface area contributed by atoms with E-state index in [0.717, 1.165) is 60.5 Å². The Morgan fingerprint density at radius 3 is 1.81 bits per heavy atom. The van der Waals surface area contributed by atoms with Crippen molar-refractivity contribution in [1.82, 2.24) is 15.0 Å². The molecule has 0 fully saturated rings. The lowest BCUT2D eigenvalue weighted by molar-refractivity contribution is 0.670. The van der Waals surface area contributed by atoms with Crippen molar-refractivity contribution in [1.29, 1.82) is 0 Å². The summed E-state index contributed by atoms with van der Waals surface area (Å²) in [6, 6.07) is 57.4. The van der Waals surface area contributed by atoms with Gasteiger partial charge >= 0.3 is 0 Å². The van der Waals surface area contributed by atoms with Gasteiger partial charge in [-0.3, -0.25) is 0 Å². The van der Waals surface area contributed by atoms with Gasteiger partial charge in [0.1, 0.15) is 11.2 Å². The van der Waals surface area contributed by atoms with E-state index in [9.17, 15) is 0 Å². The number of fused-ring (bicyclic) bond motifs is 8. The predicted octanol–water partition coefficient (Wildman–Crippen LogP) is 13.1. The van der Waals surface area contributed by atoms with Crippen LogP contribution in [0.25, 0.3) is 109 Å². The maximum Gasteiger partial charge on any atom is 0.164 e. The molecule has 0 N–H and O–H groups in total. The molecule has 52 heavy (non-hydrogen) atoms. The van der Waals surface area contributed by atoms with Crippen molar-refractivity contribution in [3.8, 4) is 45.3 Å². The normalized spacial score (nSPS) is 11.8. The summed E-state index contributed by atoms with van der Waals surface area (Å²) in [4.78, 5) is 15.4. The van der Waals surface area contributed by atoms with Gasteiger partial charge in [-0.1, -0.05) is 115 Å². The van der Waals surface area contributed by atoms with Crippen LogP contribution >= 0.6 is 11.3 Å². The van der Waals surface area contributed by atoms with E-state index in [4.69, 9.17) is 19.4 Å². The standard InChI is InChI=1S/C47H27N3OS/c1-2-11-29(12-3-1)43-35-15-7-6-14-31(35)25-39-36-22-20-34(27-40(36)51-44(39)43)47-49-45(32-19-18-28-10-4-5-13-30(28)24-32)48-46(50-47)33-21-23-42-38(26-33)37-16-8-9-17-41(37)52-42/h1-27H. The minimum absolute atomic E-state index is 0.597. The number of hydrogen-bond donors (Lipinski definition) is 0. The Hall–Kier alpha value is -6.69. The first-order valence-corrected chi connectivity index (χ1v) is 18.2. The maximum absolute atomic E-state index is 6.80. The van der Waals surface area contributed by atoms with Gasteiger partial charge in [-0.25, -0.2) is 15.0 Å². The van der Waals surface area contributed by atoms with Crippen molar-refractivity contribution >= 4 is 75.0 Å². The van der Waals surface area contributed by atoms with Crippen LogP contribution in [0.1, 0.15) is 0 Å². The Labute approximate surface area is 302 Å². The molecule has 0 unspecified atom stereocenters. The van der Waals surface area contributed by atoms with Gasteiger partial charge in [0, 0.05) is 53.2 Å². The Kier molecular flexibility index (Phi) is 6.39. The second-order valence-corrected chi connectivity index (χ2v) is 14.3. The molecule has 0 saturated heterocycles. The highest BCUT2D eigenvalue weighted by Gasteiger charge is 2.19. The highest BCUT2D eigenvalue weighted by Crippen LogP contribution is 2.42. The first-order chi connectivity index (χ1) is 25.7. The van der Waals surface area contributed by atoms with Crippen LogP contribution in [0.3, 0.4) is 0 Å². The molecule has 11 aromatic rings. The van der Waals surface area contributed by atoms with E-state index < -0.39 is 0 Å². The van der Waals surface area contributed by atoms with Crippen molar-refractivity contribution < 1.29 is 4.42 Å². The van der Waals surface area contributed by atoms with Crippen LogP contribution in [-0.4, -0.2) is 15.0 Å². The molecule has 0 saturated carbocycles. The molecule has 3 aromatic heterocycles. The molecular weight excluding hydrogens is 655 g/mol. The van der Waals surface area contributed by atoms with Gasteiger partial charge in [-0.2, -0.15) is 0 Å². The molecule has 0 amide bonds. The summed E-state index contributed by atoms with van der Waals surface area (Å²) in [7, 11) is 0. The zero-order valence-corrected chi connectivity index (χ0v) is 28.6. The van der Waals surface area contributed by atoms with E-state index in [1.807, 2.05) is 6.07 Å². The largest absolute Gasteiger partial charge is 0.455 e. The van der Waals surface area contributed by atoms with Crippen LogP contribution in [0.5, 0.6) is 0 Å². The summed E-state index contributed by atoms with van der Waals surface area (Å²) in [5.74, 6) is 1.86. The molecule has 4 nitrogen and oxygen atoms in total. The Balaban J connectivity index is 1.13. The summed E-state index contributed by atoms with van der Waals surface area (Å²) < 4.78 is 9.31. The molecule has 0 aliphatic rings. The fourth-order valence-electron chi connectivity index (χ4n) is 7.56.